The summed E-state index contributed by atoms with van der Waals surface area (Å²) in [7, 11) is 0. The first-order valence-corrected chi connectivity index (χ1v) is 9.47. The van der Waals surface area contributed by atoms with Gasteiger partial charge in [-0.25, -0.2) is 9.97 Å². The molecule has 0 bridgehead atoms. The molecule has 7 nitrogen and oxygen atoms in total. The zero-order chi connectivity index (χ0) is 19.8. The topological polar surface area (TPSA) is 85.0 Å². The predicted molar refractivity (Wildman–Crippen MR) is 104 cm³/mol. The fourth-order valence-electron chi connectivity index (χ4n) is 3.90. The molecule has 0 unspecified atom stereocenters. The van der Waals surface area contributed by atoms with Gasteiger partial charge in [0, 0.05) is 12.7 Å². The zero-order valence-corrected chi connectivity index (χ0v) is 16.6. The van der Waals surface area contributed by atoms with Crippen molar-refractivity contribution in [1.82, 2.24) is 25.0 Å². The van der Waals surface area contributed by atoms with Crippen molar-refractivity contribution in [2.24, 2.45) is 0 Å². The van der Waals surface area contributed by atoms with E-state index in [1.807, 2.05) is 50.8 Å². The van der Waals surface area contributed by atoms with Crippen molar-refractivity contribution in [3.05, 3.63) is 58.6 Å². The number of nitrogens with zero attached hydrogens (tertiary/aromatic N) is 5. The van der Waals surface area contributed by atoms with E-state index in [4.69, 9.17) is 4.52 Å². The quantitative estimate of drug-likeness (QED) is 0.691. The van der Waals surface area contributed by atoms with Crippen LogP contribution < -0.4 is 0 Å². The Balaban J connectivity index is 1.72. The van der Waals surface area contributed by atoms with E-state index in [1.165, 1.54) is 0 Å². The first-order valence-electron chi connectivity index (χ1n) is 9.47. The summed E-state index contributed by atoms with van der Waals surface area (Å²) in [5.41, 5.74) is 4.71. The first-order chi connectivity index (χ1) is 13.5. The summed E-state index contributed by atoms with van der Waals surface area (Å²) in [5, 5.41) is 4.03. The van der Waals surface area contributed by atoms with Gasteiger partial charge in [-0.05, 0) is 58.2 Å². The van der Waals surface area contributed by atoms with Crippen LogP contribution in [0.3, 0.4) is 0 Å². The van der Waals surface area contributed by atoms with Gasteiger partial charge in [0.2, 0.25) is 0 Å². The molecule has 3 aromatic rings. The molecule has 7 heteroatoms. The molecule has 0 N–H and O–H groups in total. The van der Waals surface area contributed by atoms with E-state index >= 15 is 0 Å². The van der Waals surface area contributed by atoms with Crippen molar-refractivity contribution >= 4 is 5.91 Å². The summed E-state index contributed by atoms with van der Waals surface area (Å²) in [6.45, 7) is 8.26. The van der Waals surface area contributed by atoms with E-state index < -0.39 is 0 Å². The fraction of sp³-hybridized carbons (Fsp3) is 0.381. The molecule has 3 aromatic heterocycles. The van der Waals surface area contributed by atoms with Gasteiger partial charge in [0.1, 0.15) is 17.3 Å². The van der Waals surface area contributed by atoms with Crippen LogP contribution in [0.2, 0.25) is 0 Å². The molecule has 0 aromatic carbocycles. The molecule has 1 amide bonds. The number of hydrogen-bond acceptors (Lipinski definition) is 6. The minimum absolute atomic E-state index is 0.0456. The highest BCUT2D eigenvalue weighted by Crippen LogP contribution is 2.34. The van der Waals surface area contributed by atoms with Crippen molar-refractivity contribution < 1.29 is 9.32 Å². The molecule has 1 saturated heterocycles. The zero-order valence-electron chi connectivity index (χ0n) is 16.6. The third-order valence-electron chi connectivity index (χ3n) is 5.21. The number of carbonyl (C=O) groups excluding carboxylic acids is 1. The number of aryl methyl sites for hydroxylation is 4. The third-order valence-corrected chi connectivity index (χ3v) is 5.21. The molecule has 4 rings (SSSR count). The maximum Gasteiger partial charge on any atom is 0.273 e. The molecule has 0 spiro atoms. The number of pyridine rings is 1. The van der Waals surface area contributed by atoms with Crippen molar-refractivity contribution in [3.63, 3.8) is 0 Å². The number of amides is 1. The lowest BCUT2D eigenvalue weighted by molar-refractivity contribution is 0.0726. The second-order valence-corrected chi connectivity index (χ2v) is 7.25. The molecular formula is C21H23N5O2. The minimum atomic E-state index is -0.0881. The summed E-state index contributed by atoms with van der Waals surface area (Å²) in [6, 6.07) is 5.63. The average Bonchev–Trinajstić information content (AvgIpc) is 3.28. The van der Waals surface area contributed by atoms with Gasteiger partial charge in [0.15, 0.2) is 0 Å². The van der Waals surface area contributed by atoms with Crippen LogP contribution in [-0.2, 0) is 0 Å². The Hall–Kier alpha value is -3.09. The number of aromatic nitrogens is 4. The molecule has 1 aliphatic heterocycles. The molecule has 1 atom stereocenters. The van der Waals surface area contributed by atoms with Crippen LogP contribution in [-0.4, -0.2) is 37.5 Å². The second kappa shape index (κ2) is 7.14. The van der Waals surface area contributed by atoms with Crippen molar-refractivity contribution in [2.45, 2.75) is 46.6 Å². The molecule has 28 heavy (non-hydrogen) atoms. The van der Waals surface area contributed by atoms with Crippen LogP contribution in [0.5, 0.6) is 0 Å². The van der Waals surface area contributed by atoms with E-state index in [2.05, 4.69) is 20.1 Å². The van der Waals surface area contributed by atoms with Crippen LogP contribution >= 0.6 is 0 Å². The van der Waals surface area contributed by atoms with Gasteiger partial charge in [-0.15, -0.1) is 0 Å². The lowest BCUT2D eigenvalue weighted by atomic mass is 10.1. The lowest BCUT2D eigenvalue weighted by Crippen LogP contribution is -2.32. The maximum absolute atomic E-state index is 13.2. The fourth-order valence-corrected chi connectivity index (χ4v) is 3.90. The normalized spacial score (nSPS) is 16.6. The van der Waals surface area contributed by atoms with E-state index in [9.17, 15) is 4.79 Å². The predicted octanol–water partition coefficient (Wildman–Crippen LogP) is 3.74. The van der Waals surface area contributed by atoms with Crippen LogP contribution in [0.4, 0.5) is 0 Å². The molecule has 0 aliphatic carbocycles. The Labute approximate surface area is 163 Å². The Kier molecular flexibility index (Phi) is 4.66. The molecule has 0 radical (unpaired) electrons. The van der Waals surface area contributed by atoms with E-state index in [0.717, 1.165) is 46.8 Å². The number of carbonyl (C=O) groups is 1. The molecule has 144 valence electrons. The Morgan fingerprint density at radius 1 is 1.21 bits per heavy atom. The van der Waals surface area contributed by atoms with Crippen molar-refractivity contribution in [1.29, 1.82) is 0 Å². The van der Waals surface area contributed by atoms with Gasteiger partial charge in [-0.3, -0.25) is 9.78 Å². The highest BCUT2D eigenvalue weighted by molar-refractivity contribution is 5.94. The third kappa shape index (κ3) is 3.17. The Bertz CT molecular complexity index is 1020. The monoisotopic (exact) mass is 377 g/mol. The second-order valence-electron chi connectivity index (χ2n) is 7.25. The first kappa shape index (κ1) is 18.3. The van der Waals surface area contributed by atoms with Gasteiger partial charge >= 0.3 is 0 Å². The van der Waals surface area contributed by atoms with E-state index in [-0.39, 0.29) is 11.9 Å². The Morgan fingerprint density at radius 3 is 2.75 bits per heavy atom. The summed E-state index contributed by atoms with van der Waals surface area (Å²) in [5.74, 6) is 1.35. The number of rotatable bonds is 3. The molecule has 1 fully saturated rings. The van der Waals surface area contributed by atoms with Gasteiger partial charge in [0.25, 0.3) is 5.91 Å². The smallest absolute Gasteiger partial charge is 0.273 e. The van der Waals surface area contributed by atoms with Crippen LogP contribution in [0.1, 0.15) is 57.9 Å². The lowest BCUT2D eigenvalue weighted by Gasteiger charge is -2.25. The SMILES string of the molecule is Cc1nc(-c2c(C)noc2C)cc([C@H]2CCCN2C(=O)c2ncccc2C)n1. The highest BCUT2D eigenvalue weighted by Gasteiger charge is 2.33. The van der Waals surface area contributed by atoms with E-state index in [1.54, 1.807) is 6.20 Å². The van der Waals surface area contributed by atoms with E-state index in [0.29, 0.717) is 18.1 Å². The average molecular weight is 377 g/mol. The number of likely N-dealkylation sites (tertiary alicyclic amines) is 1. The van der Waals surface area contributed by atoms with Crippen LogP contribution in [0.15, 0.2) is 28.9 Å². The molecule has 0 saturated carbocycles. The Morgan fingerprint density at radius 2 is 2.04 bits per heavy atom. The summed E-state index contributed by atoms with van der Waals surface area (Å²) < 4.78 is 5.30. The summed E-state index contributed by atoms with van der Waals surface area (Å²) >= 11 is 0. The summed E-state index contributed by atoms with van der Waals surface area (Å²) in [6.07, 6.45) is 3.47. The van der Waals surface area contributed by atoms with Crippen molar-refractivity contribution in [2.75, 3.05) is 6.54 Å². The summed E-state index contributed by atoms with van der Waals surface area (Å²) in [4.78, 5) is 28.6. The highest BCUT2D eigenvalue weighted by atomic mass is 16.5. The minimum Gasteiger partial charge on any atom is -0.361 e. The number of hydrogen-bond donors (Lipinski definition) is 0. The van der Waals surface area contributed by atoms with Gasteiger partial charge in [-0.2, -0.15) is 0 Å². The van der Waals surface area contributed by atoms with Gasteiger partial charge in [0.05, 0.1) is 28.7 Å². The van der Waals surface area contributed by atoms with Crippen LogP contribution in [0.25, 0.3) is 11.3 Å². The molecular weight excluding hydrogens is 354 g/mol. The molecule has 1 aliphatic rings. The standard InChI is InChI=1S/C21H23N5O2/c1-12-7-5-9-22-20(12)21(27)26-10-6-8-18(26)16-11-17(24-15(4)23-16)19-13(2)25-28-14(19)3/h5,7,9,11,18H,6,8,10H2,1-4H3/t18-/m1/s1. The van der Waals surface area contributed by atoms with Crippen molar-refractivity contribution in [3.8, 4) is 11.3 Å². The maximum atomic E-state index is 13.2. The molecule has 4 heterocycles. The largest absolute Gasteiger partial charge is 0.361 e. The van der Waals surface area contributed by atoms with Crippen LogP contribution in [0, 0.1) is 27.7 Å². The van der Waals surface area contributed by atoms with Gasteiger partial charge < -0.3 is 9.42 Å². The van der Waals surface area contributed by atoms with Gasteiger partial charge in [-0.1, -0.05) is 11.2 Å².